The molecule has 50 heavy (non-hydrogen) atoms. The minimum absolute atomic E-state index is 0.0233. The molecule has 2 aliphatic rings. The minimum Gasteiger partial charge on any atom is -0.408 e. The summed E-state index contributed by atoms with van der Waals surface area (Å²) in [4.78, 5) is 86.1. The molecular formula is C29H43BN6O12P2. The lowest BCUT2D eigenvalue weighted by molar-refractivity contribution is -0.124. The van der Waals surface area contributed by atoms with E-state index in [1.54, 1.807) is 0 Å². The number of rotatable bonds is 15. The fourth-order valence-electron chi connectivity index (χ4n) is 5.90. The van der Waals surface area contributed by atoms with E-state index in [0.717, 1.165) is 5.56 Å². The first kappa shape index (κ1) is 39.7. The van der Waals surface area contributed by atoms with Gasteiger partial charge in [0.25, 0.3) is 11.0 Å². The lowest BCUT2D eigenvalue weighted by Gasteiger charge is -2.32. The zero-order valence-electron chi connectivity index (χ0n) is 27.6. The van der Waals surface area contributed by atoms with Crippen LogP contribution in [0.5, 0.6) is 0 Å². The molecule has 1 aliphatic carbocycles. The average molecular weight is 740 g/mol. The van der Waals surface area contributed by atoms with Crippen molar-refractivity contribution in [2.24, 2.45) is 11.8 Å². The summed E-state index contributed by atoms with van der Waals surface area (Å²) in [5.74, 6) is -1.93. The van der Waals surface area contributed by atoms with Crippen LogP contribution in [0.25, 0.3) is 0 Å². The molecule has 0 spiro atoms. The summed E-state index contributed by atoms with van der Waals surface area (Å²) >= 11 is 0. The molecule has 0 radical (unpaired) electrons. The first-order valence-electron chi connectivity index (χ1n) is 16.0. The van der Waals surface area contributed by atoms with Gasteiger partial charge in [0.1, 0.15) is 11.7 Å². The highest BCUT2D eigenvalue weighted by molar-refractivity contribution is 7.72. The average Bonchev–Trinajstić information content (AvgIpc) is 3.76. The van der Waals surface area contributed by atoms with Gasteiger partial charge in [0.05, 0.1) is 18.1 Å². The highest BCUT2D eigenvalue weighted by atomic mass is 31.2. The maximum atomic E-state index is 13.9. The predicted molar refractivity (Wildman–Crippen MR) is 178 cm³/mol. The molecule has 1 aromatic heterocycles. The van der Waals surface area contributed by atoms with Crippen molar-refractivity contribution in [1.29, 1.82) is 0 Å². The standard InChI is InChI=1S/C29H43BN6O12P2/c1-20(2)22-17-28(22,35-27(39)23(16-21-6-4-3-5-7-21)34-26(38)24-19-31-8-9-32-24)30-47-14-12-36(13-15-48-30)11-10-33-25(37)18-29(40,49(41,42)43)50(44,45)46/h3-9,19-20,22-23,40H,10-18H2,1-2H3,(H,33,37)(H,34,38)(H,35,39)(H2,41,42,43)(H2,44,45,46)/t22-,23+,28?/m0/s1. The van der Waals surface area contributed by atoms with E-state index in [0.29, 0.717) is 19.5 Å². The number of nitrogens with zero attached hydrogens (tertiary/aromatic N) is 3. The summed E-state index contributed by atoms with van der Waals surface area (Å²) in [6, 6.07) is 8.32. The number of aromatic nitrogens is 2. The molecule has 1 aromatic carbocycles. The topological polar surface area (TPSA) is 270 Å². The second-order valence-electron chi connectivity index (χ2n) is 12.7. The summed E-state index contributed by atoms with van der Waals surface area (Å²) in [6.07, 6.45) is 3.45. The summed E-state index contributed by atoms with van der Waals surface area (Å²) in [7, 11) is -12.3. The Bertz CT molecular complexity index is 1550. The van der Waals surface area contributed by atoms with Gasteiger partial charge in [0.15, 0.2) is 0 Å². The van der Waals surface area contributed by atoms with Crippen molar-refractivity contribution in [3.63, 3.8) is 0 Å². The molecular weight excluding hydrogens is 697 g/mol. The second-order valence-corrected chi connectivity index (χ2v) is 16.7. The summed E-state index contributed by atoms with van der Waals surface area (Å²) in [5, 5.41) is 14.4. The van der Waals surface area contributed by atoms with E-state index < -0.39 is 63.0 Å². The van der Waals surface area contributed by atoms with Crippen molar-refractivity contribution < 1.29 is 57.5 Å². The van der Waals surface area contributed by atoms with E-state index in [2.05, 4.69) is 25.9 Å². The van der Waals surface area contributed by atoms with Crippen LogP contribution in [-0.2, 0) is 34.4 Å². The minimum atomic E-state index is -5.77. The molecule has 1 unspecified atom stereocenters. The number of amides is 3. The van der Waals surface area contributed by atoms with Gasteiger partial charge in [-0.15, -0.1) is 0 Å². The molecule has 1 saturated carbocycles. The third kappa shape index (κ3) is 9.82. The number of aliphatic hydroxyl groups is 1. The van der Waals surface area contributed by atoms with Gasteiger partial charge < -0.3 is 49.9 Å². The van der Waals surface area contributed by atoms with Crippen molar-refractivity contribution in [3.8, 4) is 0 Å². The van der Waals surface area contributed by atoms with Gasteiger partial charge in [0, 0.05) is 58.2 Å². The smallest absolute Gasteiger partial charge is 0.408 e. The van der Waals surface area contributed by atoms with Crippen LogP contribution < -0.4 is 16.0 Å². The number of carbonyl (C=O) groups excluding carboxylic acids is 3. The number of benzene rings is 1. The van der Waals surface area contributed by atoms with Crippen molar-refractivity contribution in [1.82, 2.24) is 30.8 Å². The monoisotopic (exact) mass is 740 g/mol. The van der Waals surface area contributed by atoms with E-state index in [4.69, 9.17) is 9.31 Å². The molecule has 3 atom stereocenters. The van der Waals surface area contributed by atoms with Crippen molar-refractivity contribution in [3.05, 3.63) is 60.2 Å². The lowest BCUT2D eigenvalue weighted by atomic mass is 9.71. The Labute approximate surface area is 289 Å². The fraction of sp³-hybridized carbons (Fsp3) is 0.552. The van der Waals surface area contributed by atoms with Gasteiger partial charge >= 0.3 is 22.3 Å². The molecule has 1 aliphatic heterocycles. The maximum absolute atomic E-state index is 13.9. The van der Waals surface area contributed by atoms with Crippen LogP contribution in [0, 0.1) is 11.8 Å². The third-order valence-electron chi connectivity index (χ3n) is 8.78. The molecule has 18 nitrogen and oxygen atoms in total. The number of nitrogens with one attached hydrogen (secondary N) is 3. The summed E-state index contributed by atoms with van der Waals surface area (Å²) in [6.45, 7) is 5.33. The van der Waals surface area contributed by atoms with Crippen LogP contribution >= 0.6 is 15.2 Å². The summed E-state index contributed by atoms with van der Waals surface area (Å²) < 4.78 is 35.4. The quantitative estimate of drug-likeness (QED) is 0.0823. The molecule has 3 amide bonds. The van der Waals surface area contributed by atoms with Crippen LogP contribution in [0.3, 0.4) is 0 Å². The Morgan fingerprint density at radius 1 is 1.06 bits per heavy atom. The highest BCUT2D eigenvalue weighted by Gasteiger charge is 2.66. The Kier molecular flexibility index (Phi) is 13.1. The third-order valence-corrected chi connectivity index (χ3v) is 12.5. The molecule has 1 saturated heterocycles. The lowest BCUT2D eigenvalue weighted by Crippen LogP contribution is -2.60. The SMILES string of the molecule is CC(C)[C@@H]1CC1(NC(=O)[C@@H](Cc1ccccc1)NC(=O)c1cnccn1)B1OCCN(CCNC(=O)CC(O)(P(=O)(O)O)P(=O)(O)O)CCO1. The Hall–Kier alpha value is -3.09. The highest BCUT2D eigenvalue weighted by Crippen LogP contribution is 2.68. The fourth-order valence-corrected chi connectivity index (χ4v) is 7.96. The normalized spacial score (nSPS) is 21.1. The van der Waals surface area contributed by atoms with Gasteiger partial charge in [-0.3, -0.25) is 33.4 Å². The first-order chi connectivity index (χ1) is 23.5. The number of carbonyl (C=O) groups is 3. The van der Waals surface area contributed by atoms with Gasteiger partial charge in [0.2, 0.25) is 11.8 Å². The first-order valence-corrected chi connectivity index (χ1v) is 19.2. The Balaban J connectivity index is 1.36. The molecule has 274 valence electrons. The largest absolute Gasteiger partial charge is 0.484 e. The van der Waals surface area contributed by atoms with Gasteiger partial charge in [-0.25, -0.2) is 4.98 Å². The van der Waals surface area contributed by atoms with Crippen LogP contribution in [0.1, 0.15) is 42.7 Å². The molecule has 2 aromatic rings. The molecule has 4 rings (SSSR count). The van der Waals surface area contributed by atoms with Crippen molar-refractivity contribution in [2.75, 3.05) is 39.4 Å². The van der Waals surface area contributed by atoms with Crippen LogP contribution in [-0.4, -0.2) is 120 Å². The van der Waals surface area contributed by atoms with E-state index >= 15 is 0 Å². The maximum Gasteiger partial charge on any atom is 0.484 e. The second kappa shape index (κ2) is 16.5. The van der Waals surface area contributed by atoms with Crippen LogP contribution in [0.2, 0.25) is 0 Å². The Morgan fingerprint density at radius 3 is 2.24 bits per heavy atom. The van der Waals surface area contributed by atoms with E-state index in [1.165, 1.54) is 18.6 Å². The molecule has 21 heteroatoms. The number of hydrogen-bond donors (Lipinski definition) is 8. The van der Waals surface area contributed by atoms with Crippen molar-refractivity contribution in [2.45, 2.75) is 49.7 Å². The van der Waals surface area contributed by atoms with Gasteiger partial charge in [-0.05, 0) is 23.8 Å². The molecule has 2 heterocycles. The number of hydrogen-bond acceptors (Lipinski definition) is 11. The van der Waals surface area contributed by atoms with Crippen LogP contribution in [0.4, 0.5) is 0 Å². The predicted octanol–water partition coefficient (Wildman–Crippen LogP) is -0.767. The zero-order valence-corrected chi connectivity index (χ0v) is 29.4. The van der Waals surface area contributed by atoms with Crippen molar-refractivity contribution >= 4 is 40.0 Å². The molecule has 0 bridgehead atoms. The van der Waals surface area contributed by atoms with Gasteiger partial charge in [-0.2, -0.15) is 0 Å². The van der Waals surface area contributed by atoms with Gasteiger partial charge in [-0.1, -0.05) is 44.2 Å². The van der Waals surface area contributed by atoms with E-state index in [-0.39, 0.29) is 50.3 Å². The molecule has 8 N–H and O–H groups in total. The molecule has 2 fully saturated rings. The zero-order chi connectivity index (χ0) is 36.7. The van der Waals surface area contributed by atoms with E-state index in [9.17, 15) is 48.2 Å². The Morgan fingerprint density at radius 2 is 1.70 bits per heavy atom. The van der Waals surface area contributed by atoms with E-state index in [1.807, 2.05) is 49.1 Å². The van der Waals surface area contributed by atoms with Crippen LogP contribution in [0.15, 0.2) is 48.9 Å². The summed E-state index contributed by atoms with van der Waals surface area (Å²) in [5.41, 5.74) is 0.0488.